The van der Waals surface area contributed by atoms with Crippen LogP contribution in [-0.4, -0.2) is 32.4 Å². The summed E-state index contributed by atoms with van der Waals surface area (Å²) in [5, 5.41) is 21.9. The standard InChI is InChI=1S/C20H21N5O2S/c1-13(27)21-15-8-6-14(7-9-15)16-12-17(18-4-3-11-28-18)25-20(22-16)23-19(24-25)5-2-10-26/h3-4,6-9,11-12,17,26H,2,5,10H2,1H3,(H,21,27)(H,22,23,24). The van der Waals surface area contributed by atoms with Gasteiger partial charge < -0.3 is 15.7 Å². The molecule has 1 unspecified atom stereocenters. The lowest BCUT2D eigenvalue weighted by Gasteiger charge is -2.23. The molecule has 144 valence electrons. The number of amides is 1. The average Bonchev–Trinajstić information content (AvgIpc) is 3.35. The van der Waals surface area contributed by atoms with Gasteiger partial charge in [0.2, 0.25) is 11.9 Å². The minimum absolute atomic E-state index is 0.0448. The number of thiophene rings is 1. The first kappa shape index (κ1) is 18.4. The van der Waals surface area contributed by atoms with Crippen molar-refractivity contribution in [2.45, 2.75) is 25.8 Å². The Morgan fingerprint density at radius 3 is 2.82 bits per heavy atom. The molecule has 7 nitrogen and oxygen atoms in total. The molecule has 1 aliphatic rings. The molecule has 3 heterocycles. The summed E-state index contributed by atoms with van der Waals surface area (Å²) in [6, 6.07) is 11.8. The van der Waals surface area contributed by atoms with Crippen molar-refractivity contribution < 1.29 is 9.90 Å². The lowest BCUT2D eigenvalue weighted by molar-refractivity contribution is -0.114. The Balaban J connectivity index is 1.67. The molecule has 0 fully saturated rings. The Morgan fingerprint density at radius 1 is 1.32 bits per heavy atom. The van der Waals surface area contributed by atoms with Crippen molar-refractivity contribution >= 4 is 34.6 Å². The molecule has 0 saturated carbocycles. The second kappa shape index (κ2) is 7.95. The van der Waals surface area contributed by atoms with E-state index < -0.39 is 0 Å². The highest BCUT2D eigenvalue weighted by molar-refractivity contribution is 7.10. The van der Waals surface area contributed by atoms with Crippen LogP contribution in [0.2, 0.25) is 0 Å². The number of aromatic nitrogens is 3. The predicted molar refractivity (Wildman–Crippen MR) is 110 cm³/mol. The number of carbonyl (C=O) groups excluding carboxylic acids is 1. The number of nitrogens with one attached hydrogen (secondary N) is 2. The SMILES string of the molecule is CC(=O)Nc1ccc(C2=CC(c3cccs3)n3nc(CCCO)nc3N2)cc1. The maximum atomic E-state index is 11.2. The van der Waals surface area contributed by atoms with E-state index >= 15 is 0 Å². The number of anilines is 2. The third kappa shape index (κ3) is 3.83. The molecule has 0 bridgehead atoms. The van der Waals surface area contributed by atoms with Crippen LogP contribution in [-0.2, 0) is 11.2 Å². The van der Waals surface area contributed by atoms with Crippen LogP contribution in [0.25, 0.3) is 5.70 Å². The zero-order chi connectivity index (χ0) is 19.5. The van der Waals surface area contributed by atoms with Crippen LogP contribution in [0.3, 0.4) is 0 Å². The van der Waals surface area contributed by atoms with E-state index in [-0.39, 0.29) is 18.6 Å². The topological polar surface area (TPSA) is 92.1 Å². The van der Waals surface area contributed by atoms with Crippen LogP contribution in [0, 0.1) is 0 Å². The molecule has 0 spiro atoms. The predicted octanol–water partition coefficient (Wildman–Crippen LogP) is 3.28. The van der Waals surface area contributed by atoms with E-state index in [0.717, 1.165) is 16.9 Å². The molecule has 0 aliphatic carbocycles. The van der Waals surface area contributed by atoms with Crippen LogP contribution in [0.1, 0.15) is 35.7 Å². The lowest BCUT2D eigenvalue weighted by Crippen LogP contribution is -2.19. The van der Waals surface area contributed by atoms with Gasteiger partial charge in [0.25, 0.3) is 0 Å². The number of rotatable bonds is 6. The molecule has 1 atom stereocenters. The molecule has 8 heteroatoms. The lowest BCUT2D eigenvalue weighted by atomic mass is 10.1. The third-order valence-electron chi connectivity index (χ3n) is 4.42. The van der Waals surface area contributed by atoms with Gasteiger partial charge in [-0.25, -0.2) is 4.68 Å². The number of nitrogens with zero attached hydrogens (tertiary/aromatic N) is 3. The summed E-state index contributed by atoms with van der Waals surface area (Å²) in [5.41, 5.74) is 2.71. The molecule has 4 rings (SSSR count). The van der Waals surface area contributed by atoms with Gasteiger partial charge >= 0.3 is 0 Å². The van der Waals surface area contributed by atoms with Crippen LogP contribution >= 0.6 is 11.3 Å². The minimum Gasteiger partial charge on any atom is -0.396 e. The summed E-state index contributed by atoms with van der Waals surface area (Å²) in [4.78, 5) is 17.0. The maximum Gasteiger partial charge on any atom is 0.226 e. The molecule has 1 aliphatic heterocycles. The highest BCUT2D eigenvalue weighted by atomic mass is 32.1. The van der Waals surface area contributed by atoms with Gasteiger partial charge in [-0.15, -0.1) is 11.3 Å². The second-order valence-electron chi connectivity index (χ2n) is 6.55. The van der Waals surface area contributed by atoms with Gasteiger partial charge in [0.15, 0.2) is 5.82 Å². The van der Waals surface area contributed by atoms with E-state index in [0.29, 0.717) is 24.6 Å². The smallest absolute Gasteiger partial charge is 0.226 e. The second-order valence-corrected chi connectivity index (χ2v) is 7.53. The Hall–Kier alpha value is -2.97. The zero-order valence-corrected chi connectivity index (χ0v) is 16.2. The Labute approximate surface area is 166 Å². The number of benzene rings is 1. The first-order valence-corrected chi connectivity index (χ1v) is 9.98. The summed E-state index contributed by atoms with van der Waals surface area (Å²) >= 11 is 1.68. The van der Waals surface area contributed by atoms with Gasteiger partial charge in [0.05, 0.1) is 0 Å². The molecule has 3 aromatic rings. The van der Waals surface area contributed by atoms with Crippen molar-refractivity contribution in [2.24, 2.45) is 0 Å². The quantitative estimate of drug-likeness (QED) is 0.596. The number of hydrogen-bond donors (Lipinski definition) is 3. The fourth-order valence-electron chi connectivity index (χ4n) is 3.15. The van der Waals surface area contributed by atoms with Gasteiger partial charge in [0, 0.05) is 36.2 Å². The number of aliphatic hydroxyl groups excluding tert-OH is 1. The Morgan fingerprint density at radius 2 is 2.14 bits per heavy atom. The van der Waals surface area contributed by atoms with E-state index in [2.05, 4.69) is 38.2 Å². The molecule has 1 amide bonds. The van der Waals surface area contributed by atoms with Crippen LogP contribution in [0.15, 0.2) is 47.9 Å². The van der Waals surface area contributed by atoms with Crippen molar-refractivity contribution in [3.63, 3.8) is 0 Å². The fourth-order valence-corrected chi connectivity index (χ4v) is 3.93. The van der Waals surface area contributed by atoms with Gasteiger partial charge in [-0.2, -0.15) is 10.1 Å². The summed E-state index contributed by atoms with van der Waals surface area (Å²) < 4.78 is 1.90. The summed E-state index contributed by atoms with van der Waals surface area (Å²) in [6.45, 7) is 1.61. The fraction of sp³-hybridized carbons (Fsp3) is 0.250. The highest BCUT2D eigenvalue weighted by Crippen LogP contribution is 2.34. The zero-order valence-electron chi connectivity index (χ0n) is 15.4. The van der Waals surface area contributed by atoms with Gasteiger partial charge in [-0.05, 0) is 41.6 Å². The first-order valence-electron chi connectivity index (χ1n) is 9.10. The monoisotopic (exact) mass is 395 g/mol. The number of aliphatic hydroxyl groups is 1. The van der Waals surface area contributed by atoms with Gasteiger partial charge in [-0.1, -0.05) is 18.2 Å². The van der Waals surface area contributed by atoms with Crippen molar-refractivity contribution in [2.75, 3.05) is 17.2 Å². The van der Waals surface area contributed by atoms with Crippen molar-refractivity contribution in [1.29, 1.82) is 0 Å². The molecule has 0 saturated heterocycles. The van der Waals surface area contributed by atoms with E-state index in [1.165, 1.54) is 11.8 Å². The normalized spacial score (nSPS) is 15.5. The molecular weight excluding hydrogens is 374 g/mol. The van der Waals surface area contributed by atoms with Crippen LogP contribution in [0.5, 0.6) is 0 Å². The first-order chi connectivity index (χ1) is 13.6. The largest absolute Gasteiger partial charge is 0.396 e. The highest BCUT2D eigenvalue weighted by Gasteiger charge is 2.25. The summed E-state index contributed by atoms with van der Waals surface area (Å²) in [7, 11) is 0. The van der Waals surface area contributed by atoms with E-state index in [9.17, 15) is 4.79 Å². The Bertz CT molecular complexity index is 992. The number of carbonyl (C=O) groups is 1. The van der Waals surface area contributed by atoms with Crippen LogP contribution < -0.4 is 10.6 Å². The van der Waals surface area contributed by atoms with Crippen LogP contribution in [0.4, 0.5) is 11.6 Å². The molecule has 28 heavy (non-hydrogen) atoms. The summed E-state index contributed by atoms with van der Waals surface area (Å²) in [6.07, 6.45) is 3.41. The number of allylic oxidation sites excluding steroid dienone is 1. The number of hydrogen-bond acceptors (Lipinski definition) is 6. The molecule has 3 N–H and O–H groups in total. The molecular formula is C20H21N5O2S. The van der Waals surface area contributed by atoms with E-state index in [1.807, 2.05) is 35.0 Å². The molecule has 0 radical (unpaired) electrons. The molecule has 1 aromatic carbocycles. The van der Waals surface area contributed by atoms with E-state index in [4.69, 9.17) is 5.11 Å². The van der Waals surface area contributed by atoms with E-state index in [1.54, 1.807) is 11.3 Å². The maximum absolute atomic E-state index is 11.2. The average molecular weight is 395 g/mol. The third-order valence-corrected chi connectivity index (χ3v) is 5.36. The number of aryl methyl sites for hydroxylation is 1. The van der Waals surface area contributed by atoms with Crippen molar-refractivity contribution in [1.82, 2.24) is 14.8 Å². The minimum atomic E-state index is -0.0935. The van der Waals surface area contributed by atoms with Gasteiger partial charge in [-0.3, -0.25) is 4.79 Å². The van der Waals surface area contributed by atoms with Crippen molar-refractivity contribution in [3.05, 3.63) is 64.1 Å². The number of fused-ring (bicyclic) bond motifs is 1. The summed E-state index contributed by atoms with van der Waals surface area (Å²) in [5.74, 6) is 1.31. The Kier molecular flexibility index (Phi) is 5.23. The van der Waals surface area contributed by atoms with Gasteiger partial charge in [0.1, 0.15) is 6.04 Å². The van der Waals surface area contributed by atoms with Crippen molar-refractivity contribution in [3.8, 4) is 0 Å². The molecule has 2 aromatic heterocycles.